The van der Waals surface area contributed by atoms with E-state index in [-0.39, 0.29) is 5.91 Å². The van der Waals surface area contributed by atoms with Gasteiger partial charge in [-0.15, -0.1) is 0 Å². The van der Waals surface area contributed by atoms with Gasteiger partial charge >= 0.3 is 0 Å². The number of carbonyl (C=O) groups excluding carboxylic acids is 1. The van der Waals surface area contributed by atoms with E-state index in [1.54, 1.807) is 0 Å². The van der Waals surface area contributed by atoms with Crippen molar-refractivity contribution in [3.63, 3.8) is 0 Å². The Balaban J connectivity index is 1.92. The third-order valence-corrected chi connectivity index (χ3v) is 5.29. The van der Waals surface area contributed by atoms with Gasteiger partial charge in [0.2, 0.25) is 0 Å². The van der Waals surface area contributed by atoms with Gasteiger partial charge in [0.05, 0.1) is 5.69 Å². The number of amides is 1. The van der Waals surface area contributed by atoms with E-state index in [4.69, 9.17) is 16.6 Å². The second kappa shape index (κ2) is 9.10. The second-order valence-corrected chi connectivity index (χ2v) is 8.89. The molecule has 5 nitrogen and oxygen atoms in total. The fourth-order valence-electron chi connectivity index (χ4n) is 3.65. The topological polar surface area (TPSA) is 50.2 Å². The van der Waals surface area contributed by atoms with Gasteiger partial charge in [-0.3, -0.25) is 9.69 Å². The molecule has 0 fully saturated rings. The third-order valence-electron chi connectivity index (χ3n) is 5.03. The Morgan fingerprint density at radius 3 is 2.50 bits per heavy atom. The van der Waals surface area contributed by atoms with Crippen LogP contribution in [0.5, 0.6) is 0 Å². The summed E-state index contributed by atoms with van der Waals surface area (Å²) in [6.07, 6.45) is 0.964. The molecule has 2 aromatic rings. The highest BCUT2D eigenvalue weighted by molar-refractivity contribution is 6.30. The Bertz CT molecular complexity index is 811. The number of nitrogens with one attached hydrogen (secondary N) is 1. The first-order chi connectivity index (χ1) is 13.3. The van der Waals surface area contributed by atoms with Crippen molar-refractivity contribution in [3.8, 4) is 11.4 Å². The first-order valence-electron chi connectivity index (χ1n) is 10.2. The number of halogens is 1. The van der Waals surface area contributed by atoms with Gasteiger partial charge in [0.15, 0.2) is 5.69 Å². The fraction of sp³-hybridized carbons (Fsp3) is 0.545. The molecule has 0 saturated carbocycles. The van der Waals surface area contributed by atoms with Crippen molar-refractivity contribution in [3.05, 3.63) is 40.7 Å². The standard InChI is InChI=1S/C22H31ClN4O/c1-15(2)9-10-24-22(28)20-19-14-26(13-16(3)4)11-12-27(19)21(25-20)17-5-7-18(23)8-6-17/h5-8,15-16H,9-14H2,1-4H3,(H,24,28). The smallest absolute Gasteiger partial charge is 0.271 e. The number of rotatable bonds is 7. The van der Waals surface area contributed by atoms with Gasteiger partial charge in [0, 0.05) is 43.3 Å². The quantitative estimate of drug-likeness (QED) is 0.744. The zero-order chi connectivity index (χ0) is 20.3. The predicted molar refractivity (Wildman–Crippen MR) is 115 cm³/mol. The van der Waals surface area contributed by atoms with Crippen molar-refractivity contribution in [1.82, 2.24) is 19.8 Å². The summed E-state index contributed by atoms with van der Waals surface area (Å²) in [4.78, 5) is 20.1. The van der Waals surface area contributed by atoms with Crippen LogP contribution >= 0.6 is 11.6 Å². The Morgan fingerprint density at radius 1 is 1.14 bits per heavy atom. The van der Waals surface area contributed by atoms with Gasteiger partial charge < -0.3 is 9.88 Å². The van der Waals surface area contributed by atoms with Crippen LogP contribution in [-0.4, -0.2) is 40.0 Å². The molecule has 6 heteroatoms. The molecule has 1 aliphatic heterocycles. The molecule has 0 bridgehead atoms. The van der Waals surface area contributed by atoms with Crippen molar-refractivity contribution < 1.29 is 4.79 Å². The van der Waals surface area contributed by atoms with E-state index in [0.29, 0.717) is 29.1 Å². The molecule has 0 radical (unpaired) electrons. The molecule has 0 atom stereocenters. The number of carbonyl (C=O) groups is 1. The summed E-state index contributed by atoms with van der Waals surface area (Å²) >= 11 is 6.05. The van der Waals surface area contributed by atoms with E-state index in [0.717, 1.165) is 49.7 Å². The molecule has 1 aromatic heterocycles. The van der Waals surface area contributed by atoms with Crippen molar-refractivity contribution in [2.75, 3.05) is 19.6 Å². The summed E-state index contributed by atoms with van der Waals surface area (Å²) in [5.74, 6) is 1.93. The van der Waals surface area contributed by atoms with Gasteiger partial charge in [0.25, 0.3) is 5.91 Å². The van der Waals surface area contributed by atoms with Gasteiger partial charge in [-0.2, -0.15) is 0 Å². The van der Waals surface area contributed by atoms with Crippen molar-refractivity contribution >= 4 is 17.5 Å². The van der Waals surface area contributed by atoms with Gasteiger partial charge in [0.1, 0.15) is 5.82 Å². The molecule has 0 unspecified atom stereocenters. The number of hydrogen-bond donors (Lipinski definition) is 1. The minimum absolute atomic E-state index is 0.0731. The first-order valence-corrected chi connectivity index (χ1v) is 10.6. The molecule has 2 heterocycles. The van der Waals surface area contributed by atoms with Crippen LogP contribution in [0.15, 0.2) is 24.3 Å². The average Bonchev–Trinajstić information content (AvgIpc) is 3.00. The minimum atomic E-state index is -0.0731. The Morgan fingerprint density at radius 2 is 1.86 bits per heavy atom. The molecule has 28 heavy (non-hydrogen) atoms. The van der Waals surface area contributed by atoms with Crippen LogP contribution in [0.2, 0.25) is 5.02 Å². The molecule has 1 aliphatic rings. The summed E-state index contributed by atoms with van der Waals surface area (Å²) in [5.41, 5.74) is 2.56. The lowest BCUT2D eigenvalue weighted by Gasteiger charge is -2.30. The summed E-state index contributed by atoms with van der Waals surface area (Å²) in [6.45, 7) is 13.0. The Kier molecular flexibility index (Phi) is 6.78. The molecule has 0 saturated heterocycles. The molecule has 152 valence electrons. The Labute approximate surface area is 173 Å². The molecule has 0 aliphatic carbocycles. The summed E-state index contributed by atoms with van der Waals surface area (Å²) in [7, 11) is 0. The SMILES string of the molecule is CC(C)CCNC(=O)c1nc(-c2ccc(Cl)cc2)n2c1CN(CC(C)C)CC2. The molecule has 1 N–H and O–H groups in total. The highest BCUT2D eigenvalue weighted by Crippen LogP contribution is 2.28. The molecule has 1 amide bonds. The van der Waals surface area contributed by atoms with Crippen molar-refractivity contribution in [1.29, 1.82) is 0 Å². The number of aromatic nitrogens is 2. The lowest BCUT2D eigenvalue weighted by molar-refractivity contribution is 0.0943. The van der Waals surface area contributed by atoms with Crippen LogP contribution in [0.25, 0.3) is 11.4 Å². The van der Waals surface area contributed by atoms with Crippen LogP contribution in [0.1, 0.15) is 50.3 Å². The van der Waals surface area contributed by atoms with Crippen LogP contribution in [0, 0.1) is 11.8 Å². The maximum Gasteiger partial charge on any atom is 0.271 e. The monoisotopic (exact) mass is 402 g/mol. The molecule has 0 spiro atoms. The summed E-state index contributed by atoms with van der Waals surface area (Å²) in [5, 5.41) is 3.75. The van der Waals surface area contributed by atoms with E-state index >= 15 is 0 Å². The van der Waals surface area contributed by atoms with E-state index in [1.807, 2.05) is 24.3 Å². The zero-order valence-electron chi connectivity index (χ0n) is 17.3. The molecule has 1 aromatic carbocycles. The van der Waals surface area contributed by atoms with Crippen LogP contribution in [0.4, 0.5) is 0 Å². The summed E-state index contributed by atoms with van der Waals surface area (Å²) < 4.78 is 2.21. The average molecular weight is 403 g/mol. The Hall–Kier alpha value is -1.85. The lowest BCUT2D eigenvalue weighted by Crippen LogP contribution is -2.37. The fourth-order valence-corrected chi connectivity index (χ4v) is 3.78. The van der Waals surface area contributed by atoms with Gasteiger partial charge in [-0.1, -0.05) is 39.3 Å². The van der Waals surface area contributed by atoms with Crippen LogP contribution < -0.4 is 5.32 Å². The maximum atomic E-state index is 12.9. The van der Waals surface area contributed by atoms with Crippen molar-refractivity contribution in [2.45, 2.75) is 47.2 Å². The van der Waals surface area contributed by atoms with Crippen LogP contribution in [-0.2, 0) is 13.1 Å². The van der Waals surface area contributed by atoms with E-state index in [2.05, 4.69) is 42.5 Å². The second-order valence-electron chi connectivity index (χ2n) is 8.46. The van der Waals surface area contributed by atoms with E-state index in [1.165, 1.54) is 0 Å². The normalized spacial score (nSPS) is 14.5. The molecular formula is C22H31ClN4O. The predicted octanol–water partition coefficient (Wildman–Crippen LogP) is 4.45. The van der Waals surface area contributed by atoms with Gasteiger partial charge in [-0.05, 0) is 42.5 Å². The number of fused-ring (bicyclic) bond motifs is 1. The molecular weight excluding hydrogens is 372 g/mol. The van der Waals surface area contributed by atoms with Gasteiger partial charge in [-0.25, -0.2) is 4.98 Å². The van der Waals surface area contributed by atoms with E-state index < -0.39 is 0 Å². The number of imidazole rings is 1. The summed E-state index contributed by atoms with van der Waals surface area (Å²) in [6, 6.07) is 7.68. The molecule has 3 rings (SSSR count). The van der Waals surface area contributed by atoms with Crippen LogP contribution in [0.3, 0.4) is 0 Å². The number of nitrogens with zero attached hydrogens (tertiary/aromatic N) is 3. The highest BCUT2D eigenvalue weighted by Gasteiger charge is 2.28. The van der Waals surface area contributed by atoms with E-state index in [9.17, 15) is 4.79 Å². The van der Waals surface area contributed by atoms with Crippen molar-refractivity contribution in [2.24, 2.45) is 11.8 Å². The zero-order valence-corrected chi connectivity index (χ0v) is 18.1. The number of hydrogen-bond acceptors (Lipinski definition) is 3. The highest BCUT2D eigenvalue weighted by atomic mass is 35.5. The lowest BCUT2D eigenvalue weighted by atomic mass is 10.1. The largest absolute Gasteiger partial charge is 0.351 e. The first kappa shape index (κ1) is 20.9. The number of benzene rings is 1. The maximum absolute atomic E-state index is 12.9. The minimum Gasteiger partial charge on any atom is -0.351 e. The third kappa shape index (κ3) is 4.95.